The Bertz CT molecular complexity index is 1140. The second-order valence-corrected chi connectivity index (χ2v) is 9.55. The number of carbonyl (C=O) groups excluding carboxylic acids is 2. The van der Waals surface area contributed by atoms with Crippen LogP contribution in [0.5, 0.6) is 0 Å². The van der Waals surface area contributed by atoms with Crippen LogP contribution in [0.4, 0.5) is 5.95 Å². The Morgan fingerprint density at radius 1 is 0.972 bits per heavy atom. The molecule has 36 heavy (non-hydrogen) atoms. The van der Waals surface area contributed by atoms with Gasteiger partial charge in [0.1, 0.15) is 0 Å². The summed E-state index contributed by atoms with van der Waals surface area (Å²) in [4.78, 5) is 36.4. The first-order valence-electron chi connectivity index (χ1n) is 12.6. The van der Waals surface area contributed by atoms with Crippen molar-refractivity contribution in [1.29, 1.82) is 0 Å². The number of likely N-dealkylation sites (tertiary alicyclic amines) is 1. The van der Waals surface area contributed by atoms with Gasteiger partial charge in [0.25, 0.3) is 0 Å². The molecule has 4 rings (SSSR count). The van der Waals surface area contributed by atoms with Crippen LogP contribution in [0.1, 0.15) is 61.0 Å². The molecule has 1 saturated heterocycles. The Morgan fingerprint density at radius 3 is 2.11 bits per heavy atom. The van der Waals surface area contributed by atoms with Gasteiger partial charge in [0.05, 0.1) is 23.6 Å². The van der Waals surface area contributed by atoms with E-state index in [1.807, 2.05) is 53.4 Å². The van der Waals surface area contributed by atoms with Gasteiger partial charge in [-0.15, -0.1) is 0 Å². The van der Waals surface area contributed by atoms with Crippen molar-refractivity contribution < 1.29 is 14.3 Å². The molecule has 1 aliphatic heterocycles. The van der Waals surface area contributed by atoms with Gasteiger partial charge in [0.2, 0.25) is 11.9 Å². The largest absolute Gasteiger partial charge is 0.462 e. The fraction of sp³-hybridized carbons (Fsp3) is 0.379. The van der Waals surface area contributed by atoms with Gasteiger partial charge in [0, 0.05) is 25.5 Å². The number of rotatable bonds is 8. The first-order valence-corrected chi connectivity index (χ1v) is 12.6. The summed E-state index contributed by atoms with van der Waals surface area (Å²) in [6, 6.07) is 20.3. The molecule has 1 N–H and O–H groups in total. The summed E-state index contributed by atoms with van der Waals surface area (Å²) in [5.41, 5.74) is 2.07. The van der Waals surface area contributed by atoms with Crippen LogP contribution in [0.2, 0.25) is 0 Å². The summed E-state index contributed by atoms with van der Waals surface area (Å²) >= 11 is 0. The molecule has 0 saturated carbocycles. The smallest absolute Gasteiger partial charge is 0.341 e. The lowest BCUT2D eigenvalue weighted by Crippen LogP contribution is -2.50. The quantitative estimate of drug-likeness (QED) is 0.450. The van der Waals surface area contributed by atoms with Crippen molar-refractivity contribution in [2.75, 3.05) is 25.0 Å². The van der Waals surface area contributed by atoms with Gasteiger partial charge >= 0.3 is 5.97 Å². The minimum Gasteiger partial charge on any atom is -0.462 e. The van der Waals surface area contributed by atoms with E-state index in [-0.39, 0.29) is 17.7 Å². The van der Waals surface area contributed by atoms with Crippen molar-refractivity contribution in [1.82, 2.24) is 14.9 Å². The maximum atomic E-state index is 13.6. The molecule has 1 fully saturated rings. The van der Waals surface area contributed by atoms with E-state index in [1.165, 1.54) is 12.4 Å². The molecule has 2 aromatic carbocycles. The van der Waals surface area contributed by atoms with E-state index >= 15 is 0 Å². The lowest BCUT2D eigenvalue weighted by atomic mass is 9.80. The molecule has 0 aliphatic carbocycles. The Balaban J connectivity index is 1.54. The molecule has 1 amide bonds. The minimum absolute atomic E-state index is 0.165. The highest BCUT2D eigenvalue weighted by Crippen LogP contribution is 2.37. The Morgan fingerprint density at radius 2 is 1.56 bits per heavy atom. The number of ether oxygens (including phenoxy) is 1. The van der Waals surface area contributed by atoms with Crippen LogP contribution in [0.3, 0.4) is 0 Å². The number of amides is 1. The van der Waals surface area contributed by atoms with Gasteiger partial charge < -0.3 is 15.0 Å². The second-order valence-electron chi connectivity index (χ2n) is 9.55. The highest BCUT2D eigenvalue weighted by molar-refractivity contribution is 5.88. The molecule has 0 radical (unpaired) electrons. The number of nitrogens with zero attached hydrogens (tertiary/aromatic N) is 3. The van der Waals surface area contributed by atoms with E-state index in [0.29, 0.717) is 44.0 Å². The zero-order chi connectivity index (χ0) is 25.5. The molecule has 2 heterocycles. The maximum Gasteiger partial charge on any atom is 0.341 e. The summed E-state index contributed by atoms with van der Waals surface area (Å²) in [6.07, 6.45) is 4.40. The molecule has 0 bridgehead atoms. The van der Waals surface area contributed by atoms with Crippen LogP contribution >= 0.6 is 0 Å². The molecule has 1 atom stereocenters. The number of carbonyl (C=O) groups is 2. The fourth-order valence-electron chi connectivity index (χ4n) is 4.95. The zero-order valence-electron chi connectivity index (χ0n) is 21.2. The number of hydrogen-bond acceptors (Lipinski definition) is 6. The van der Waals surface area contributed by atoms with E-state index in [4.69, 9.17) is 4.74 Å². The average Bonchev–Trinajstić information content (AvgIpc) is 2.90. The van der Waals surface area contributed by atoms with E-state index < -0.39 is 11.5 Å². The molecular weight excluding hydrogens is 452 g/mol. The number of hydrogen-bond donors (Lipinski definition) is 1. The highest BCUT2D eigenvalue weighted by atomic mass is 16.5. The lowest BCUT2D eigenvalue weighted by Gasteiger charge is -2.44. The van der Waals surface area contributed by atoms with Crippen molar-refractivity contribution in [3.8, 4) is 0 Å². The minimum atomic E-state index is -0.438. The van der Waals surface area contributed by atoms with E-state index in [0.717, 1.165) is 11.1 Å². The standard InChI is InChI=1S/C29H34N4O3/c1-4-36-27(35)23-19-30-28(31-20-23)32-29(24-13-9-6-10-14-24)15-17-33(18-16-29)26(34)25(21(2)3)22-11-7-5-8-12-22/h5-14,19-21,25H,4,15-18H2,1-3H3,(H,30,31,32)/t25-/m0/s1. The molecule has 7 nitrogen and oxygen atoms in total. The molecular formula is C29H34N4O3. The fourth-order valence-corrected chi connectivity index (χ4v) is 4.95. The summed E-state index contributed by atoms with van der Waals surface area (Å²) < 4.78 is 5.03. The first-order chi connectivity index (χ1) is 17.4. The number of benzene rings is 2. The van der Waals surface area contributed by atoms with Crippen LogP contribution in [-0.2, 0) is 15.1 Å². The predicted octanol–water partition coefficient (Wildman–Crippen LogP) is 5.02. The molecule has 7 heteroatoms. The van der Waals surface area contributed by atoms with Gasteiger partial charge in [0.15, 0.2) is 0 Å². The zero-order valence-corrected chi connectivity index (χ0v) is 21.2. The third kappa shape index (κ3) is 5.56. The van der Waals surface area contributed by atoms with Crippen LogP contribution in [0, 0.1) is 5.92 Å². The number of nitrogens with one attached hydrogen (secondary N) is 1. The van der Waals surface area contributed by atoms with Crippen LogP contribution in [-0.4, -0.2) is 46.4 Å². The van der Waals surface area contributed by atoms with Gasteiger partial charge in [-0.2, -0.15) is 0 Å². The van der Waals surface area contributed by atoms with E-state index in [1.54, 1.807) is 6.92 Å². The van der Waals surface area contributed by atoms with E-state index in [2.05, 4.69) is 41.3 Å². The Labute approximate surface area is 212 Å². The maximum absolute atomic E-state index is 13.6. The Hall–Kier alpha value is -3.74. The van der Waals surface area contributed by atoms with Crippen molar-refractivity contribution in [3.05, 3.63) is 89.7 Å². The first kappa shape index (κ1) is 25.4. The molecule has 0 spiro atoms. The number of esters is 1. The van der Waals surface area contributed by atoms with Crippen molar-refractivity contribution in [2.24, 2.45) is 5.92 Å². The summed E-state index contributed by atoms with van der Waals surface area (Å²) in [5, 5.41) is 3.54. The second kappa shape index (κ2) is 11.3. The van der Waals surface area contributed by atoms with Gasteiger partial charge in [-0.1, -0.05) is 74.5 Å². The van der Waals surface area contributed by atoms with Crippen LogP contribution in [0.15, 0.2) is 73.1 Å². The lowest BCUT2D eigenvalue weighted by molar-refractivity contribution is -0.135. The molecule has 1 aliphatic rings. The topological polar surface area (TPSA) is 84.4 Å². The van der Waals surface area contributed by atoms with Crippen LogP contribution < -0.4 is 5.32 Å². The average molecular weight is 487 g/mol. The van der Waals surface area contributed by atoms with Gasteiger partial charge in [-0.05, 0) is 36.8 Å². The van der Waals surface area contributed by atoms with Crippen LogP contribution in [0.25, 0.3) is 0 Å². The summed E-state index contributed by atoms with van der Waals surface area (Å²) in [6.45, 7) is 7.51. The van der Waals surface area contributed by atoms with Gasteiger partial charge in [-0.3, -0.25) is 4.79 Å². The highest BCUT2D eigenvalue weighted by Gasteiger charge is 2.40. The van der Waals surface area contributed by atoms with Crippen molar-refractivity contribution in [2.45, 2.75) is 45.1 Å². The third-order valence-electron chi connectivity index (χ3n) is 6.86. The third-order valence-corrected chi connectivity index (χ3v) is 6.86. The monoisotopic (exact) mass is 486 g/mol. The molecule has 1 aromatic heterocycles. The number of piperidine rings is 1. The molecule has 188 valence electrons. The van der Waals surface area contributed by atoms with E-state index in [9.17, 15) is 9.59 Å². The molecule has 3 aromatic rings. The SMILES string of the molecule is CCOC(=O)c1cnc(NC2(c3ccccc3)CCN(C(=O)[C@H](c3ccccc3)C(C)C)CC2)nc1. The van der Waals surface area contributed by atoms with Crippen molar-refractivity contribution in [3.63, 3.8) is 0 Å². The Kier molecular flexibility index (Phi) is 7.98. The molecule has 0 unspecified atom stereocenters. The number of aromatic nitrogens is 2. The normalized spacial score (nSPS) is 15.8. The van der Waals surface area contributed by atoms with Gasteiger partial charge in [-0.25, -0.2) is 14.8 Å². The van der Waals surface area contributed by atoms with Crippen molar-refractivity contribution >= 4 is 17.8 Å². The summed E-state index contributed by atoms with van der Waals surface area (Å²) in [7, 11) is 0. The predicted molar refractivity (Wildman–Crippen MR) is 140 cm³/mol. The number of anilines is 1. The summed E-state index contributed by atoms with van der Waals surface area (Å²) in [5.74, 6) is 0.211.